The summed E-state index contributed by atoms with van der Waals surface area (Å²) in [7, 11) is 0. The Hall–Kier alpha value is -4.06. The van der Waals surface area contributed by atoms with Gasteiger partial charge in [-0.1, -0.05) is 56.3 Å². The maximum atomic E-state index is 13.3. The van der Waals surface area contributed by atoms with Gasteiger partial charge in [-0.25, -0.2) is 0 Å². The molecule has 3 aromatic rings. The van der Waals surface area contributed by atoms with Gasteiger partial charge in [-0.2, -0.15) is 0 Å². The van der Waals surface area contributed by atoms with Crippen molar-refractivity contribution in [3.8, 4) is 11.5 Å². The molecule has 1 amide bonds. The molecule has 0 spiro atoms. The van der Waals surface area contributed by atoms with Gasteiger partial charge in [-0.3, -0.25) is 9.59 Å². The molecule has 1 atom stereocenters. The minimum Gasteiger partial charge on any atom is -0.507 e. The molecule has 6 nitrogen and oxygen atoms in total. The second kappa shape index (κ2) is 12.3. The van der Waals surface area contributed by atoms with Crippen molar-refractivity contribution in [2.45, 2.75) is 39.2 Å². The van der Waals surface area contributed by atoms with Crippen molar-refractivity contribution in [3.63, 3.8) is 0 Å². The number of nitrogens with zero attached hydrogens (tertiary/aromatic N) is 1. The Morgan fingerprint density at radius 3 is 2.19 bits per heavy atom. The number of carbonyl (C=O) groups excluding carboxylic acids is 2. The topological polar surface area (TPSA) is 76.1 Å². The van der Waals surface area contributed by atoms with Crippen LogP contribution < -0.4 is 9.47 Å². The third-order valence-electron chi connectivity index (χ3n) is 6.27. The normalized spacial score (nSPS) is 16.7. The van der Waals surface area contributed by atoms with Gasteiger partial charge in [-0.05, 0) is 66.8 Å². The van der Waals surface area contributed by atoms with Crippen molar-refractivity contribution in [3.05, 3.63) is 101 Å². The van der Waals surface area contributed by atoms with Gasteiger partial charge in [0.25, 0.3) is 11.7 Å². The molecule has 1 fully saturated rings. The lowest BCUT2D eigenvalue weighted by molar-refractivity contribution is -0.139. The van der Waals surface area contributed by atoms with Gasteiger partial charge >= 0.3 is 0 Å². The molecule has 4 rings (SSSR count). The molecule has 0 saturated carbocycles. The predicted molar refractivity (Wildman–Crippen MR) is 144 cm³/mol. The van der Waals surface area contributed by atoms with E-state index >= 15 is 0 Å². The van der Waals surface area contributed by atoms with Crippen molar-refractivity contribution in [1.82, 2.24) is 4.90 Å². The molecule has 1 aliphatic rings. The first kappa shape index (κ1) is 26.0. The van der Waals surface area contributed by atoms with Gasteiger partial charge in [0.2, 0.25) is 0 Å². The van der Waals surface area contributed by atoms with E-state index in [2.05, 4.69) is 0 Å². The van der Waals surface area contributed by atoms with Gasteiger partial charge in [0.1, 0.15) is 17.3 Å². The molecule has 1 heterocycles. The van der Waals surface area contributed by atoms with E-state index in [1.807, 2.05) is 68.4 Å². The van der Waals surface area contributed by atoms with Crippen molar-refractivity contribution in [2.75, 3.05) is 19.8 Å². The summed E-state index contributed by atoms with van der Waals surface area (Å²) in [6.07, 6.45) is 2.33. The van der Waals surface area contributed by atoms with Crippen molar-refractivity contribution < 1.29 is 24.2 Å². The summed E-state index contributed by atoms with van der Waals surface area (Å²) >= 11 is 0. The van der Waals surface area contributed by atoms with E-state index in [0.29, 0.717) is 48.8 Å². The lowest BCUT2D eigenvalue weighted by atomic mass is 9.95. The van der Waals surface area contributed by atoms with Crippen LogP contribution in [-0.2, 0) is 16.0 Å². The van der Waals surface area contributed by atoms with E-state index in [-0.39, 0.29) is 11.3 Å². The van der Waals surface area contributed by atoms with Crippen LogP contribution in [0.1, 0.15) is 49.4 Å². The molecular weight excluding hydrogens is 466 g/mol. The van der Waals surface area contributed by atoms with Gasteiger partial charge in [0.15, 0.2) is 0 Å². The zero-order chi connectivity index (χ0) is 26.2. The number of amides is 1. The van der Waals surface area contributed by atoms with Gasteiger partial charge in [-0.15, -0.1) is 0 Å². The summed E-state index contributed by atoms with van der Waals surface area (Å²) in [6, 6.07) is 23.4. The average molecular weight is 500 g/mol. The fraction of sp³-hybridized carbons (Fsp3) is 0.290. The quantitative estimate of drug-likeness (QED) is 0.201. The third-order valence-corrected chi connectivity index (χ3v) is 6.27. The molecule has 0 bridgehead atoms. The largest absolute Gasteiger partial charge is 0.507 e. The molecule has 6 heteroatoms. The monoisotopic (exact) mass is 499 g/mol. The third kappa shape index (κ3) is 6.02. The average Bonchev–Trinajstić information content (AvgIpc) is 3.19. The van der Waals surface area contributed by atoms with E-state index < -0.39 is 17.7 Å². The zero-order valence-corrected chi connectivity index (χ0v) is 21.4. The lowest BCUT2D eigenvalue weighted by Gasteiger charge is -2.26. The predicted octanol–water partition coefficient (Wildman–Crippen LogP) is 5.93. The Morgan fingerprint density at radius 2 is 1.51 bits per heavy atom. The molecular formula is C31H33NO5. The van der Waals surface area contributed by atoms with Crippen LogP contribution in [0.2, 0.25) is 0 Å². The number of Topliss-reactive ketones (excluding diaryl/α,β-unsaturated/α-hetero) is 1. The summed E-state index contributed by atoms with van der Waals surface area (Å²) in [4.78, 5) is 28.1. The highest BCUT2D eigenvalue weighted by Crippen LogP contribution is 2.40. The lowest BCUT2D eigenvalue weighted by Crippen LogP contribution is -2.31. The first-order valence-corrected chi connectivity index (χ1v) is 12.8. The highest BCUT2D eigenvalue weighted by Gasteiger charge is 2.46. The molecule has 1 unspecified atom stereocenters. The van der Waals surface area contributed by atoms with Gasteiger partial charge in [0, 0.05) is 12.1 Å². The van der Waals surface area contributed by atoms with Crippen LogP contribution in [0.4, 0.5) is 0 Å². The van der Waals surface area contributed by atoms with E-state index in [0.717, 1.165) is 18.4 Å². The van der Waals surface area contributed by atoms with Crippen LogP contribution in [0.5, 0.6) is 11.5 Å². The number of aliphatic hydroxyl groups excluding tert-OH is 1. The molecule has 3 aromatic carbocycles. The van der Waals surface area contributed by atoms with Crippen LogP contribution in [0.25, 0.3) is 5.76 Å². The number of carbonyl (C=O) groups is 2. The Labute approximate surface area is 218 Å². The minimum atomic E-state index is -0.732. The summed E-state index contributed by atoms with van der Waals surface area (Å²) < 4.78 is 11.5. The van der Waals surface area contributed by atoms with Crippen LogP contribution in [-0.4, -0.2) is 41.5 Å². The van der Waals surface area contributed by atoms with Crippen LogP contribution >= 0.6 is 0 Å². The summed E-state index contributed by atoms with van der Waals surface area (Å²) in [5.74, 6) is -0.177. The fourth-order valence-electron chi connectivity index (χ4n) is 4.43. The molecule has 0 aromatic heterocycles. The molecule has 1 saturated heterocycles. The SMILES string of the molecule is CCCOc1ccc(/C(O)=C2\C(=O)C(=O)N(CCc3ccccc3)C2c2cccc(OCCC)c2)cc1. The maximum Gasteiger partial charge on any atom is 0.295 e. The summed E-state index contributed by atoms with van der Waals surface area (Å²) in [5.41, 5.74) is 2.30. The smallest absolute Gasteiger partial charge is 0.295 e. The standard InChI is InChI=1S/C31H33NO5/c1-3-19-36-25-15-13-23(14-16-25)29(33)27-28(24-11-8-12-26(21-24)37-20-4-2)32(31(35)30(27)34)18-17-22-9-6-5-7-10-22/h5-16,21,28,33H,3-4,17-20H2,1-2H3/b29-27+. The van der Waals surface area contributed by atoms with E-state index in [4.69, 9.17) is 9.47 Å². The highest BCUT2D eigenvalue weighted by atomic mass is 16.5. The second-order valence-electron chi connectivity index (χ2n) is 9.02. The number of likely N-dealkylation sites (tertiary alicyclic amines) is 1. The Kier molecular flexibility index (Phi) is 8.62. The molecule has 1 aliphatic heterocycles. The fourth-order valence-corrected chi connectivity index (χ4v) is 4.43. The van der Waals surface area contributed by atoms with Crippen molar-refractivity contribution >= 4 is 17.4 Å². The molecule has 37 heavy (non-hydrogen) atoms. The number of hydrogen-bond donors (Lipinski definition) is 1. The highest BCUT2D eigenvalue weighted by molar-refractivity contribution is 6.46. The summed E-state index contributed by atoms with van der Waals surface area (Å²) in [6.45, 7) is 5.54. The number of ketones is 1. The Morgan fingerprint density at radius 1 is 0.838 bits per heavy atom. The molecule has 192 valence electrons. The van der Waals surface area contributed by atoms with Crippen LogP contribution in [0.3, 0.4) is 0 Å². The van der Waals surface area contributed by atoms with E-state index in [1.54, 1.807) is 29.2 Å². The van der Waals surface area contributed by atoms with Crippen LogP contribution in [0, 0.1) is 0 Å². The van der Waals surface area contributed by atoms with Crippen molar-refractivity contribution in [1.29, 1.82) is 0 Å². The maximum absolute atomic E-state index is 13.3. The van der Waals surface area contributed by atoms with Gasteiger partial charge < -0.3 is 19.5 Å². The Balaban J connectivity index is 1.73. The number of hydrogen-bond acceptors (Lipinski definition) is 5. The number of ether oxygens (including phenoxy) is 2. The first-order valence-electron chi connectivity index (χ1n) is 12.8. The first-order chi connectivity index (χ1) is 18.0. The number of benzene rings is 3. The molecule has 1 N–H and O–H groups in total. The molecule has 0 aliphatic carbocycles. The van der Waals surface area contributed by atoms with E-state index in [1.165, 1.54) is 0 Å². The van der Waals surface area contributed by atoms with Crippen LogP contribution in [0.15, 0.2) is 84.4 Å². The van der Waals surface area contributed by atoms with Gasteiger partial charge in [0.05, 0.1) is 24.8 Å². The zero-order valence-electron chi connectivity index (χ0n) is 21.4. The Bertz CT molecular complexity index is 1250. The minimum absolute atomic E-state index is 0.0768. The second-order valence-corrected chi connectivity index (χ2v) is 9.02. The van der Waals surface area contributed by atoms with E-state index in [9.17, 15) is 14.7 Å². The van der Waals surface area contributed by atoms with Crippen molar-refractivity contribution in [2.24, 2.45) is 0 Å². The molecule has 0 radical (unpaired) electrons. The number of rotatable bonds is 11. The summed E-state index contributed by atoms with van der Waals surface area (Å²) in [5, 5.41) is 11.3. The number of aliphatic hydroxyl groups is 1.